The van der Waals surface area contributed by atoms with E-state index in [0.29, 0.717) is 25.7 Å². The van der Waals surface area contributed by atoms with Gasteiger partial charge in [0.15, 0.2) is 0 Å². The van der Waals surface area contributed by atoms with Crippen LogP contribution in [0.15, 0.2) is 0 Å². The Labute approximate surface area is 73.3 Å². The van der Waals surface area contributed by atoms with Crippen LogP contribution < -0.4 is 0 Å². The summed E-state index contributed by atoms with van der Waals surface area (Å²) >= 11 is 0. The molecule has 0 aliphatic heterocycles. The summed E-state index contributed by atoms with van der Waals surface area (Å²) in [5.41, 5.74) is -1.28. The van der Waals surface area contributed by atoms with Crippen LogP contribution >= 0.6 is 0 Å². The molecule has 0 bridgehead atoms. The summed E-state index contributed by atoms with van der Waals surface area (Å²) in [5, 5.41) is 0. The van der Waals surface area contributed by atoms with E-state index in [1.54, 1.807) is 13.8 Å². The highest BCUT2D eigenvalue weighted by Gasteiger charge is 2.40. The van der Waals surface area contributed by atoms with Gasteiger partial charge < -0.3 is 0 Å². The number of carbonyl (C=O) groups excluding carboxylic acids is 1. The highest BCUT2D eigenvalue weighted by Crippen LogP contribution is 2.42. The van der Waals surface area contributed by atoms with Gasteiger partial charge in [0.05, 0.1) is 0 Å². The predicted octanol–water partition coefficient (Wildman–Crippen LogP) is 2.88. The Morgan fingerprint density at radius 3 is 1.92 bits per heavy atom. The molecule has 0 radical (unpaired) electrons. The van der Waals surface area contributed by atoms with Crippen LogP contribution in [0.4, 0.5) is 4.39 Å². The Morgan fingerprint density at radius 1 is 1.17 bits per heavy atom. The zero-order valence-electron chi connectivity index (χ0n) is 8.11. The summed E-state index contributed by atoms with van der Waals surface area (Å²) in [6.45, 7) is 5.19. The third-order valence-corrected chi connectivity index (χ3v) is 3.25. The maximum atomic E-state index is 13.4. The van der Waals surface area contributed by atoms with Crippen LogP contribution in [0.25, 0.3) is 0 Å². The molecule has 1 saturated carbocycles. The number of carbonyl (C=O) groups is 1. The molecule has 0 unspecified atom stereocenters. The van der Waals surface area contributed by atoms with Crippen LogP contribution in [0.3, 0.4) is 0 Å². The molecule has 12 heavy (non-hydrogen) atoms. The van der Waals surface area contributed by atoms with Crippen LogP contribution in [0.2, 0.25) is 0 Å². The van der Waals surface area contributed by atoms with Crippen molar-refractivity contribution in [1.29, 1.82) is 0 Å². The van der Waals surface area contributed by atoms with Crippen LogP contribution in [0, 0.1) is 5.41 Å². The largest absolute Gasteiger partial charge is 0.299 e. The number of rotatable bonds is 1. The van der Waals surface area contributed by atoms with Crippen molar-refractivity contribution >= 4 is 5.78 Å². The summed E-state index contributed by atoms with van der Waals surface area (Å²) in [4.78, 5) is 11.2. The van der Waals surface area contributed by atoms with E-state index in [1.165, 1.54) is 0 Å². The minimum absolute atomic E-state index is 0.206. The van der Waals surface area contributed by atoms with Gasteiger partial charge in [0.2, 0.25) is 0 Å². The van der Waals surface area contributed by atoms with Gasteiger partial charge in [-0.05, 0) is 39.5 Å². The molecule has 0 spiro atoms. The van der Waals surface area contributed by atoms with Gasteiger partial charge >= 0.3 is 0 Å². The minimum atomic E-state index is -1.03. The lowest BCUT2D eigenvalue weighted by atomic mass is 9.69. The fraction of sp³-hybridized carbons (Fsp3) is 0.900. The van der Waals surface area contributed by atoms with Crippen molar-refractivity contribution in [3.63, 3.8) is 0 Å². The molecule has 70 valence electrons. The molecule has 2 heteroatoms. The second-order valence-corrected chi connectivity index (χ2v) is 4.53. The van der Waals surface area contributed by atoms with Crippen LogP contribution in [0.5, 0.6) is 0 Å². The molecule has 0 atom stereocenters. The highest BCUT2D eigenvalue weighted by atomic mass is 19.1. The Hall–Kier alpha value is -0.400. The van der Waals surface area contributed by atoms with Gasteiger partial charge in [-0.3, -0.25) is 4.79 Å². The van der Waals surface area contributed by atoms with Crippen molar-refractivity contribution in [3.05, 3.63) is 0 Å². The fourth-order valence-corrected chi connectivity index (χ4v) is 1.68. The second kappa shape index (κ2) is 2.82. The SMILES string of the molecule is CC(=O)C1(C)CCC(C)(F)CC1. The van der Waals surface area contributed by atoms with E-state index in [1.807, 2.05) is 6.92 Å². The number of hydrogen-bond acceptors (Lipinski definition) is 1. The number of alkyl halides is 1. The van der Waals surface area contributed by atoms with Crippen LogP contribution in [-0.4, -0.2) is 11.5 Å². The molecule has 0 N–H and O–H groups in total. The van der Waals surface area contributed by atoms with E-state index in [2.05, 4.69) is 0 Å². The Kier molecular flexibility index (Phi) is 2.28. The van der Waals surface area contributed by atoms with Crippen LogP contribution in [0.1, 0.15) is 46.5 Å². The number of ketones is 1. The average molecular weight is 172 g/mol. The van der Waals surface area contributed by atoms with Crippen molar-refractivity contribution < 1.29 is 9.18 Å². The van der Waals surface area contributed by atoms with E-state index in [4.69, 9.17) is 0 Å². The normalized spacial score (nSPS) is 42.7. The molecule has 0 heterocycles. The van der Waals surface area contributed by atoms with Gasteiger partial charge in [0, 0.05) is 5.41 Å². The van der Waals surface area contributed by atoms with Crippen molar-refractivity contribution in [3.8, 4) is 0 Å². The topological polar surface area (TPSA) is 17.1 Å². The molecular formula is C10H17FO. The average Bonchev–Trinajstić information content (AvgIpc) is 1.96. The zero-order valence-corrected chi connectivity index (χ0v) is 8.11. The summed E-state index contributed by atoms with van der Waals surface area (Å²) in [6.07, 6.45) is 2.47. The smallest absolute Gasteiger partial charge is 0.135 e. The lowest BCUT2D eigenvalue weighted by Crippen LogP contribution is -2.36. The molecule has 0 aromatic carbocycles. The van der Waals surface area contributed by atoms with E-state index >= 15 is 0 Å². The summed E-state index contributed by atoms with van der Waals surface area (Å²) in [7, 11) is 0. The van der Waals surface area contributed by atoms with Crippen LogP contribution in [-0.2, 0) is 4.79 Å². The zero-order chi connectivity index (χ0) is 9.41. The van der Waals surface area contributed by atoms with E-state index < -0.39 is 5.67 Å². The molecule has 0 aromatic rings. The molecule has 0 aromatic heterocycles. The number of halogens is 1. The van der Waals surface area contributed by atoms with Gasteiger partial charge in [-0.1, -0.05) is 6.92 Å². The molecule has 0 amide bonds. The monoisotopic (exact) mass is 172 g/mol. The Morgan fingerprint density at radius 2 is 1.58 bits per heavy atom. The number of hydrogen-bond donors (Lipinski definition) is 0. The molecule has 1 nitrogen and oxygen atoms in total. The van der Waals surface area contributed by atoms with E-state index in [9.17, 15) is 9.18 Å². The molecule has 1 aliphatic rings. The first kappa shape index (κ1) is 9.69. The van der Waals surface area contributed by atoms with Gasteiger partial charge in [0.1, 0.15) is 11.5 Å². The third-order valence-electron chi connectivity index (χ3n) is 3.25. The Bertz CT molecular complexity index is 186. The first-order chi connectivity index (χ1) is 5.36. The van der Waals surface area contributed by atoms with Crippen molar-refractivity contribution in [2.24, 2.45) is 5.41 Å². The molecule has 1 rings (SSSR count). The molecular weight excluding hydrogens is 155 g/mol. The minimum Gasteiger partial charge on any atom is -0.299 e. The van der Waals surface area contributed by atoms with E-state index in [0.717, 1.165) is 0 Å². The lowest BCUT2D eigenvalue weighted by molar-refractivity contribution is -0.128. The maximum absolute atomic E-state index is 13.4. The summed E-state index contributed by atoms with van der Waals surface area (Å²) < 4.78 is 13.4. The summed E-state index contributed by atoms with van der Waals surface area (Å²) in [5.74, 6) is 0.206. The van der Waals surface area contributed by atoms with E-state index in [-0.39, 0.29) is 11.2 Å². The first-order valence-corrected chi connectivity index (χ1v) is 4.56. The van der Waals surface area contributed by atoms with Gasteiger partial charge in [-0.25, -0.2) is 4.39 Å². The lowest BCUT2D eigenvalue weighted by Gasteiger charge is -2.37. The van der Waals surface area contributed by atoms with Gasteiger partial charge in [-0.2, -0.15) is 0 Å². The quantitative estimate of drug-likeness (QED) is 0.594. The standard InChI is InChI=1S/C10H17FO/c1-8(12)9(2)4-6-10(3,11)7-5-9/h4-7H2,1-3H3. The predicted molar refractivity (Wildman–Crippen MR) is 46.8 cm³/mol. The molecule has 0 saturated heterocycles. The fourth-order valence-electron chi connectivity index (χ4n) is 1.68. The van der Waals surface area contributed by atoms with Crippen molar-refractivity contribution in [1.82, 2.24) is 0 Å². The third kappa shape index (κ3) is 1.85. The van der Waals surface area contributed by atoms with Gasteiger partial charge in [-0.15, -0.1) is 0 Å². The Balaban J connectivity index is 2.62. The maximum Gasteiger partial charge on any atom is 0.135 e. The first-order valence-electron chi connectivity index (χ1n) is 4.56. The van der Waals surface area contributed by atoms with Gasteiger partial charge in [0.25, 0.3) is 0 Å². The molecule has 1 fully saturated rings. The summed E-state index contributed by atoms with van der Waals surface area (Å²) in [6, 6.07) is 0. The van der Waals surface area contributed by atoms with Crippen molar-refractivity contribution in [2.45, 2.75) is 52.1 Å². The number of Topliss-reactive ketones (excluding diaryl/α,β-unsaturated/α-hetero) is 1. The van der Waals surface area contributed by atoms with Crippen molar-refractivity contribution in [2.75, 3.05) is 0 Å². The second-order valence-electron chi connectivity index (χ2n) is 4.53. The molecule has 1 aliphatic carbocycles. The highest BCUT2D eigenvalue weighted by molar-refractivity contribution is 5.82.